The molecule has 2 aromatic rings. The van der Waals surface area contributed by atoms with Crippen LogP contribution >= 0.6 is 0 Å². The average molecular weight is 835 g/mol. The van der Waals surface area contributed by atoms with Crippen molar-refractivity contribution in [2.75, 3.05) is 49.1 Å². The first-order valence-electron chi connectivity index (χ1n) is 22.9. The zero-order valence-corrected chi connectivity index (χ0v) is 34.4. The lowest BCUT2D eigenvalue weighted by atomic mass is 9.51. The summed E-state index contributed by atoms with van der Waals surface area (Å²) in [6.45, 7) is 3.69. The standard InChI is InChI=1S/2C23H29F2N3O2/c2*24-17-8-18(25)20(26-12-17)27-4-1-2-22(13-27)3-5-28(21(22)30)23-9-14-6-15(10-23)19(29)16(7-14)11-23/h2*8,12,14-16,19,29H,1-7,9-11,13H2. The van der Waals surface area contributed by atoms with Gasteiger partial charge in [0.05, 0.1) is 35.4 Å². The molecule has 12 aliphatic rings. The highest BCUT2D eigenvalue weighted by Gasteiger charge is 2.64. The number of aliphatic hydroxyl groups excluding tert-OH is 2. The van der Waals surface area contributed by atoms with Gasteiger partial charge in [-0.1, -0.05) is 0 Å². The van der Waals surface area contributed by atoms with Crippen molar-refractivity contribution in [1.82, 2.24) is 19.8 Å². The Labute approximate surface area is 349 Å². The Bertz CT molecular complexity index is 1900. The molecule has 8 bridgehead atoms. The number of carbonyl (C=O) groups excluding carboxylic acids is 2. The zero-order valence-electron chi connectivity index (χ0n) is 34.4. The highest BCUT2D eigenvalue weighted by Crippen LogP contribution is 2.61. The Balaban J connectivity index is 0.000000136. The van der Waals surface area contributed by atoms with E-state index in [4.69, 9.17) is 0 Å². The number of nitrogens with zero attached hydrogens (tertiary/aromatic N) is 6. The summed E-state index contributed by atoms with van der Waals surface area (Å²) in [5.41, 5.74) is -1.17. The van der Waals surface area contributed by atoms with E-state index in [2.05, 4.69) is 19.8 Å². The maximum atomic E-state index is 14.4. The molecule has 4 saturated heterocycles. The summed E-state index contributed by atoms with van der Waals surface area (Å²) in [6.07, 6.45) is 16.8. The fourth-order valence-corrected chi connectivity index (χ4v) is 15.8. The fourth-order valence-electron chi connectivity index (χ4n) is 15.8. The molecule has 14 rings (SSSR count). The highest BCUT2D eigenvalue weighted by atomic mass is 19.1. The monoisotopic (exact) mass is 834 g/mol. The molecule has 0 radical (unpaired) electrons. The van der Waals surface area contributed by atoms with Gasteiger partial charge >= 0.3 is 0 Å². The van der Waals surface area contributed by atoms with Crippen molar-refractivity contribution in [3.63, 3.8) is 0 Å². The lowest BCUT2D eigenvalue weighted by Gasteiger charge is -2.61. The van der Waals surface area contributed by atoms with Crippen molar-refractivity contribution in [2.45, 2.75) is 126 Å². The van der Waals surface area contributed by atoms with E-state index in [1.54, 1.807) is 0 Å². The zero-order chi connectivity index (χ0) is 41.3. The molecule has 8 aliphatic carbocycles. The SMILES string of the molecule is O=C1N(C23CC4CC(C2)C(O)C(C4)C3)CCC12CCCN(c1ncc(F)cc1F)C2.O=C1N(C23CC4CC(C2)C(O)C(C4)C3)CCC12CCCN(c1ncc(F)cc1F)C2. The van der Waals surface area contributed by atoms with Crippen LogP contribution in [0.15, 0.2) is 24.5 Å². The van der Waals surface area contributed by atoms with Crippen LogP contribution in [0.1, 0.15) is 103 Å². The summed E-state index contributed by atoms with van der Waals surface area (Å²) in [6, 6.07) is 1.74. The van der Waals surface area contributed by atoms with Gasteiger partial charge in [-0.15, -0.1) is 0 Å². The maximum absolute atomic E-state index is 14.4. The topological polar surface area (TPSA) is 113 Å². The van der Waals surface area contributed by atoms with Crippen LogP contribution in [0.2, 0.25) is 0 Å². The van der Waals surface area contributed by atoms with Crippen LogP contribution < -0.4 is 9.80 Å². The van der Waals surface area contributed by atoms with Crippen molar-refractivity contribution in [3.05, 3.63) is 47.8 Å². The first-order chi connectivity index (χ1) is 28.8. The van der Waals surface area contributed by atoms with Crippen LogP contribution in [0, 0.1) is 69.6 Å². The second-order valence-electron chi connectivity index (χ2n) is 21.3. The highest BCUT2D eigenvalue weighted by molar-refractivity contribution is 5.87. The number of aliphatic hydroxyl groups is 2. The van der Waals surface area contributed by atoms with Crippen molar-refractivity contribution in [3.8, 4) is 0 Å². The van der Waals surface area contributed by atoms with Crippen molar-refractivity contribution < 1.29 is 37.4 Å². The minimum atomic E-state index is -0.685. The summed E-state index contributed by atoms with van der Waals surface area (Å²) in [5, 5.41) is 21.2. The first-order valence-corrected chi connectivity index (χ1v) is 22.9. The molecule has 324 valence electrons. The van der Waals surface area contributed by atoms with E-state index >= 15 is 0 Å². The van der Waals surface area contributed by atoms with E-state index in [0.29, 0.717) is 61.7 Å². The minimum absolute atomic E-state index is 0.0854. The van der Waals surface area contributed by atoms with E-state index in [1.165, 1.54) is 0 Å². The van der Waals surface area contributed by atoms with Gasteiger partial charge in [-0.05, 0) is 138 Å². The van der Waals surface area contributed by atoms with Crippen LogP contribution in [0.3, 0.4) is 0 Å². The van der Waals surface area contributed by atoms with Crippen molar-refractivity contribution in [1.29, 1.82) is 0 Å². The van der Waals surface area contributed by atoms with E-state index in [0.717, 1.165) is 140 Å². The second kappa shape index (κ2) is 14.0. The van der Waals surface area contributed by atoms with Crippen LogP contribution in [-0.2, 0) is 9.59 Å². The molecule has 6 heterocycles. The number of hydrogen-bond acceptors (Lipinski definition) is 8. The largest absolute Gasteiger partial charge is 0.393 e. The Morgan fingerprint density at radius 2 is 0.933 bits per heavy atom. The summed E-state index contributed by atoms with van der Waals surface area (Å²) < 4.78 is 55.3. The molecule has 6 atom stereocenters. The third kappa shape index (κ3) is 6.05. The second-order valence-corrected chi connectivity index (χ2v) is 21.3. The van der Waals surface area contributed by atoms with Crippen LogP contribution in [0.4, 0.5) is 29.2 Å². The van der Waals surface area contributed by atoms with Crippen LogP contribution in [-0.4, -0.2) is 104 Å². The number of rotatable bonds is 4. The molecule has 0 aromatic carbocycles. The molecule has 2 aromatic heterocycles. The lowest BCUT2D eigenvalue weighted by Crippen LogP contribution is -2.65. The Morgan fingerprint density at radius 1 is 0.550 bits per heavy atom. The van der Waals surface area contributed by atoms with Gasteiger partial charge in [-0.3, -0.25) is 9.59 Å². The number of carbonyl (C=O) groups is 2. The summed E-state index contributed by atoms with van der Waals surface area (Å²) >= 11 is 0. The number of likely N-dealkylation sites (tertiary alicyclic amines) is 2. The van der Waals surface area contributed by atoms with E-state index in [1.807, 2.05) is 9.80 Å². The molecule has 10 nitrogen and oxygen atoms in total. The van der Waals surface area contributed by atoms with Crippen molar-refractivity contribution >= 4 is 23.5 Å². The van der Waals surface area contributed by atoms with Gasteiger partial charge < -0.3 is 29.8 Å². The van der Waals surface area contributed by atoms with Crippen LogP contribution in [0.25, 0.3) is 0 Å². The number of anilines is 2. The quantitative estimate of drug-likeness (QED) is 0.349. The molecule has 2 amide bonds. The van der Waals surface area contributed by atoms with E-state index in [-0.39, 0.29) is 46.7 Å². The van der Waals surface area contributed by atoms with Crippen LogP contribution in [0.5, 0.6) is 0 Å². The molecule has 14 heteroatoms. The predicted octanol–water partition coefficient (Wildman–Crippen LogP) is 6.24. The maximum Gasteiger partial charge on any atom is 0.231 e. The Hall–Kier alpha value is -3.52. The van der Waals surface area contributed by atoms with Gasteiger partial charge in [0.25, 0.3) is 0 Å². The minimum Gasteiger partial charge on any atom is -0.393 e. The predicted molar refractivity (Wildman–Crippen MR) is 213 cm³/mol. The summed E-state index contributed by atoms with van der Waals surface area (Å²) in [5.74, 6) is 0.644. The van der Waals surface area contributed by atoms with Gasteiger partial charge in [-0.25, -0.2) is 27.5 Å². The molecule has 12 fully saturated rings. The number of halogens is 4. The van der Waals surface area contributed by atoms with Gasteiger partial charge in [0, 0.05) is 62.5 Å². The fraction of sp³-hybridized carbons (Fsp3) is 0.739. The molecule has 4 aliphatic heterocycles. The first kappa shape index (κ1) is 39.3. The number of hydrogen-bond donors (Lipinski definition) is 2. The lowest BCUT2D eigenvalue weighted by molar-refractivity contribution is -0.168. The number of pyridine rings is 2. The Morgan fingerprint density at radius 3 is 1.30 bits per heavy atom. The number of piperidine rings is 2. The third-order valence-corrected chi connectivity index (χ3v) is 17.9. The third-order valence-electron chi connectivity index (χ3n) is 17.9. The van der Waals surface area contributed by atoms with Gasteiger partial charge in [0.1, 0.15) is 11.6 Å². The summed E-state index contributed by atoms with van der Waals surface area (Å²) in [7, 11) is 0. The normalized spacial score (nSPS) is 42.6. The summed E-state index contributed by atoms with van der Waals surface area (Å²) in [4.78, 5) is 43.7. The molecule has 6 unspecified atom stereocenters. The molecule has 2 spiro atoms. The molecular weight excluding hydrogens is 777 g/mol. The molecular formula is C46H58F4N6O4. The molecule has 60 heavy (non-hydrogen) atoms. The van der Waals surface area contributed by atoms with Gasteiger partial charge in [0.15, 0.2) is 23.3 Å². The number of aromatic nitrogens is 2. The number of amides is 2. The molecule has 2 N–H and O–H groups in total. The van der Waals surface area contributed by atoms with Gasteiger partial charge in [-0.2, -0.15) is 0 Å². The van der Waals surface area contributed by atoms with Gasteiger partial charge in [0.2, 0.25) is 11.8 Å². The van der Waals surface area contributed by atoms with E-state index < -0.39 is 34.1 Å². The van der Waals surface area contributed by atoms with Crippen molar-refractivity contribution in [2.24, 2.45) is 46.3 Å². The Kier molecular flexibility index (Phi) is 9.17. The average Bonchev–Trinajstić information content (AvgIpc) is 3.70. The smallest absolute Gasteiger partial charge is 0.231 e. The van der Waals surface area contributed by atoms with E-state index in [9.17, 15) is 37.4 Å². The molecule has 8 saturated carbocycles.